The molecule has 0 bridgehead atoms. The Morgan fingerprint density at radius 1 is 1.29 bits per heavy atom. The van der Waals surface area contributed by atoms with Gasteiger partial charge < -0.3 is 19.6 Å². The van der Waals surface area contributed by atoms with Crippen LogP contribution in [0.2, 0.25) is 0 Å². The number of piperazine rings is 1. The minimum atomic E-state index is -1.21. The topological polar surface area (TPSA) is 70.1 Å². The van der Waals surface area contributed by atoms with E-state index >= 15 is 0 Å². The second kappa shape index (κ2) is 6.53. The van der Waals surface area contributed by atoms with E-state index in [4.69, 9.17) is 9.84 Å². The lowest BCUT2D eigenvalue weighted by atomic mass is 10.2. The van der Waals surface area contributed by atoms with Crippen LogP contribution in [-0.4, -0.2) is 66.6 Å². The molecule has 21 heavy (non-hydrogen) atoms. The molecule has 1 amide bonds. The summed E-state index contributed by atoms with van der Waals surface area (Å²) in [7, 11) is 1.98. The first kappa shape index (κ1) is 15.2. The zero-order valence-corrected chi connectivity index (χ0v) is 11.7. The Morgan fingerprint density at radius 3 is 2.52 bits per heavy atom. The number of hydrogen-bond donors (Lipinski definition) is 1. The van der Waals surface area contributed by atoms with Gasteiger partial charge in [-0.05, 0) is 25.2 Å². The molecule has 1 N–H and O–H groups in total. The number of rotatable bonds is 4. The molecule has 6 nitrogen and oxygen atoms in total. The average molecular weight is 296 g/mol. The quantitative estimate of drug-likeness (QED) is 0.884. The fourth-order valence-electron chi connectivity index (χ4n) is 2.04. The fraction of sp³-hybridized carbons (Fsp3) is 0.429. The second-order valence-corrected chi connectivity index (χ2v) is 4.92. The highest BCUT2D eigenvalue weighted by atomic mass is 19.1. The van der Waals surface area contributed by atoms with Crippen molar-refractivity contribution < 1.29 is 23.8 Å². The molecule has 0 atom stereocenters. The van der Waals surface area contributed by atoms with Crippen LogP contribution in [-0.2, 0) is 4.79 Å². The molecule has 1 fully saturated rings. The summed E-state index contributed by atoms with van der Waals surface area (Å²) in [6.07, 6.45) is 0. The summed E-state index contributed by atoms with van der Waals surface area (Å²) in [6.45, 7) is 2.59. The van der Waals surface area contributed by atoms with Gasteiger partial charge in [-0.15, -0.1) is 0 Å². The maximum Gasteiger partial charge on any atom is 0.335 e. The van der Waals surface area contributed by atoms with Crippen molar-refractivity contribution in [2.45, 2.75) is 0 Å². The van der Waals surface area contributed by atoms with Gasteiger partial charge in [-0.1, -0.05) is 0 Å². The number of carbonyl (C=O) groups is 2. The molecule has 1 saturated heterocycles. The summed E-state index contributed by atoms with van der Waals surface area (Å²) in [4.78, 5) is 26.4. The van der Waals surface area contributed by atoms with Gasteiger partial charge >= 0.3 is 5.97 Å². The van der Waals surface area contributed by atoms with Crippen molar-refractivity contribution in [3.63, 3.8) is 0 Å². The van der Waals surface area contributed by atoms with E-state index in [1.54, 1.807) is 4.90 Å². The molecule has 7 heteroatoms. The van der Waals surface area contributed by atoms with E-state index in [0.29, 0.717) is 13.1 Å². The fourth-order valence-corrected chi connectivity index (χ4v) is 2.04. The van der Waals surface area contributed by atoms with Gasteiger partial charge in [0, 0.05) is 26.2 Å². The molecule has 114 valence electrons. The molecule has 0 spiro atoms. The zero-order valence-electron chi connectivity index (χ0n) is 11.7. The van der Waals surface area contributed by atoms with E-state index < -0.39 is 11.8 Å². The van der Waals surface area contributed by atoms with Crippen molar-refractivity contribution in [2.75, 3.05) is 39.8 Å². The maximum absolute atomic E-state index is 13.6. The summed E-state index contributed by atoms with van der Waals surface area (Å²) in [5.74, 6) is -2.33. The van der Waals surface area contributed by atoms with E-state index in [0.717, 1.165) is 19.2 Å². The molecule has 0 aliphatic carbocycles. The van der Waals surface area contributed by atoms with Crippen LogP contribution in [0.3, 0.4) is 0 Å². The number of hydrogen-bond acceptors (Lipinski definition) is 4. The summed E-state index contributed by atoms with van der Waals surface area (Å²) in [6, 6.07) is 3.33. The van der Waals surface area contributed by atoms with Gasteiger partial charge in [-0.3, -0.25) is 4.79 Å². The van der Waals surface area contributed by atoms with Gasteiger partial charge in [0.05, 0.1) is 5.56 Å². The zero-order chi connectivity index (χ0) is 15.4. The third-order valence-electron chi connectivity index (χ3n) is 3.39. The van der Waals surface area contributed by atoms with Crippen LogP contribution in [0.1, 0.15) is 10.4 Å². The average Bonchev–Trinajstić information content (AvgIpc) is 2.46. The lowest BCUT2D eigenvalue weighted by Gasteiger charge is -2.32. The van der Waals surface area contributed by atoms with Crippen LogP contribution in [0.25, 0.3) is 0 Å². The van der Waals surface area contributed by atoms with Crippen molar-refractivity contribution in [1.29, 1.82) is 0 Å². The van der Waals surface area contributed by atoms with Crippen LogP contribution in [0.4, 0.5) is 4.39 Å². The minimum Gasteiger partial charge on any atom is -0.481 e. The molecule has 1 aromatic rings. The number of halogens is 1. The first-order chi connectivity index (χ1) is 9.97. The smallest absolute Gasteiger partial charge is 0.335 e. The Labute approximate surface area is 121 Å². The Hall–Kier alpha value is -2.15. The molecule has 0 unspecified atom stereocenters. The molecule has 1 aliphatic heterocycles. The van der Waals surface area contributed by atoms with E-state index in [2.05, 4.69) is 4.90 Å². The molecule has 1 heterocycles. The number of benzene rings is 1. The Morgan fingerprint density at radius 2 is 1.95 bits per heavy atom. The van der Waals surface area contributed by atoms with Gasteiger partial charge in [0.1, 0.15) is 0 Å². The summed E-state index contributed by atoms with van der Waals surface area (Å²) in [5.41, 5.74) is -0.162. The number of amides is 1. The number of ether oxygens (including phenoxy) is 1. The SMILES string of the molecule is CN1CCN(C(=O)COc2ccc(C(=O)O)cc2F)CC1. The number of likely N-dealkylation sites (N-methyl/N-ethyl adjacent to an activating group) is 1. The highest BCUT2D eigenvalue weighted by molar-refractivity contribution is 5.87. The number of carbonyl (C=O) groups excluding carboxylic acids is 1. The number of carboxylic acid groups (broad SMARTS) is 1. The van der Waals surface area contributed by atoms with Gasteiger partial charge in [-0.25, -0.2) is 9.18 Å². The van der Waals surface area contributed by atoms with Gasteiger partial charge in [0.15, 0.2) is 18.2 Å². The van der Waals surface area contributed by atoms with Crippen LogP contribution >= 0.6 is 0 Å². The van der Waals surface area contributed by atoms with Crippen LogP contribution in [0, 0.1) is 5.82 Å². The third kappa shape index (κ3) is 3.91. The Bertz CT molecular complexity index is 542. The Kier molecular flexibility index (Phi) is 4.74. The maximum atomic E-state index is 13.6. The first-order valence-electron chi connectivity index (χ1n) is 6.59. The lowest BCUT2D eigenvalue weighted by molar-refractivity contribution is -0.134. The van der Waals surface area contributed by atoms with Crippen molar-refractivity contribution in [2.24, 2.45) is 0 Å². The van der Waals surface area contributed by atoms with Crippen molar-refractivity contribution >= 4 is 11.9 Å². The van der Waals surface area contributed by atoms with E-state index in [1.165, 1.54) is 12.1 Å². The van der Waals surface area contributed by atoms with Gasteiger partial charge in [0.2, 0.25) is 0 Å². The summed E-state index contributed by atoms with van der Waals surface area (Å²) < 4.78 is 18.8. The highest BCUT2D eigenvalue weighted by Gasteiger charge is 2.20. The third-order valence-corrected chi connectivity index (χ3v) is 3.39. The largest absolute Gasteiger partial charge is 0.481 e. The lowest BCUT2D eigenvalue weighted by Crippen LogP contribution is -2.48. The van der Waals surface area contributed by atoms with E-state index in [1.807, 2.05) is 7.05 Å². The standard InChI is InChI=1S/C14H17FN2O4/c1-16-4-6-17(7-5-16)13(18)9-21-12-3-2-10(14(19)20)8-11(12)15/h2-3,8H,4-7,9H2,1H3,(H,19,20). The molecule has 0 aromatic heterocycles. The molecule has 0 radical (unpaired) electrons. The minimum absolute atomic E-state index is 0.123. The Balaban J connectivity index is 1.91. The predicted molar refractivity (Wildman–Crippen MR) is 72.9 cm³/mol. The van der Waals surface area contributed by atoms with Gasteiger partial charge in [-0.2, -0.15) is 0 Å². The number of carboxylic acids is 1. The van der Waals surface area contributed by atoms with Crippen molar-refractivity contribution in [1.82, 2.24) is 9.80 Å². The molecule has 1 aliphatic rings. The summed E-state index contributed by atoms with van der Waals surface area (Å²) >= 11 is 0. The van der Waals surface area contributed by atoms with E-state index in [-0.39, 0.29) is 23.8 Å². The molecule has 2 rings (SSSR count). The number of aromatic carboxylic acids is 1. The van der Waals surface area contributed by atoms with Crippen molar-refractivity contribution in [3.8, 4) is 5.75 Å². The van der Waals surface area contributed by atoms with Crippen LogP contribution < -0.4 is 4.74 Å². The second-order valence-electron chi connectivity index (χ2n) is 4.92. The molecule has 0 saturated carbocycles. The molecular formula is C14H17FN2O4. The predicted octanol–water partition coefficient (Wildman–Crippen LogP) is 0.677. The van der Waals surface area contributed by atoms with Crippen LogP contribution in [0.15, 0.2) is 18.2 Å². The molecular weight excluding hydrogens is 279 g/mol. The van der Waals surface area contributed by atoms with Crippen molar-refractivity contribution in [3.05, 3.63) is 29.6 Å². The highest BCUT2D eigenvalue weighted by Crippen LogP contribution is 2.18. The van der Waals surface area contributed by atoms with Gasteiger partial charge in [0.25, 0.3) is 5.91 Å². The normalized spacial score (nSPS) is 15.8. The first-order valence-corrected chi connectivity index (χ1v) is 6.59. The molecule has 1 aromatic carbocycles. The summed E-state index contributed by atoms with van der Waals surface area (Å²) in [5, 5.41) is 8.74. The van der Waals surface area contributed by atoms with E-state index in [9.17, 15) is 14.0 Å². The number of nitrogens with zero attached hydrogens (tertiary/aromatic N) is 2. The monoisotopic (exact) mass is 296 g/mol. The van der Waals surface area contributed by atoms with Crippen LogP contribution in [0.5, 0.6) is 5.75 Å².